The first kappa shape index (κ1) is 12.1. The highest BCUT2D eigenvalue weighted by molar-refractivity contribution is 5.84. The van der Waals surface area contributed by atoms with Crippen LogP contribution in [0.15, 0.2) is 30.5 Å². The summed E-state index contributed by atoms with van der Waals surface area (Å²) in [5, 5.41) is 4.16. The summed E-state index contributed by atoms with van der Waals surface area (Å²) in [6.45, 7) is 2.45. The summed E-state index contributed by atoms with van der Waals surface area (Å²) in [5.74, 6) is 0.911. The molecule has 1 aliphatic rings. The van der Waals surface area contributed by atoms with Crippen molar-refractivity contribution in [3.05, 3.63) is 30.5 Å². The normalized spacial score (nSPS) is 16.3. The Hall–Kier alpha value is -1.97. The lowest BCUT2D eigenvalue weighted by molar-refractivity contribution is -0.122. The number of methoxy groups -OCH3 is 1. The van der Waals surface area contributed by atoms with Gasteiger partial charge in [-0.05, 0) is 44.0 Å². The van der Waals surface area contributed by atoms with Crippen molar-refractivity contribution in [3.8, 4) is 5.75 Å². The fourth-order valence-corrected chi connectivity index (χ4v) is 2.29. The van der Waals surface area contributed by atoms with Crippen molar-refractivity contribution >= 4 is 16.8 Å². The maximum atomic E-state index is 12.0. The maximum Gasteiger partial charge on any atom is 0.240 e. The molecule has 1 aromatic heterocycles. The van der Waals surface area contributed by atoms with Crippen LogP contribution in [0.2, 0.25) is 0 Å². The number of hydrogen-bond acceptors (Lipinski definition) is 2. The third kappa shape index (κ3) is 2.43. The van der Waals surface area contributed by atoms with E-state index in [-0.39, 0.29) is 11.4 Å². The Kier molecular flexibility index (Phi) is 2.73. The Morgan fingerprint density at radius 3 is 2.89 bits per heavy atom. The summed E-state index contributed by atoms with van der Waals surface area (Å²) in [6, 6.07) is 7.88. The highest BCUT2D eigenvalue weighted by Gasteiger charge is 2.38. The second kappa shape index (κ2) is 4.30. The molecule has 1 heterocycles. The van der Waals surface area contributed by atoms with Crippen molar-refractivity contribution in [3.63, 3.8) is 0 Å². The molecule has 0 atom stereocenters. The van der Waals surface area contributed by atoms with Crippen LogP contribution in [-0.4, -0.2) is 23.1 Å². The second-order valence-corrected chi connectivity index (χ2v) is 5.48. The molecule has 4 heteroatoms. The molecule has 100 valence electrons. The molecule has 2 aromatic rings. The minimum absolute atomic E-state index is 0.0449. The van der Waals surface area contributed by atoms with E-state index in [1.807, 2.05) is 35.0 Å². The first-order valence-electron chi connectivity index (χ1n) is 6.54. The van der Waals surface area contributed by atoms with E-state index >= 15 is 0 Å². The summed E-state index contributed by atoms with van der Waals surface area (Å²) in [5.41, 5.74) is 1.10. The first-order chi connectivity index (χ1) is 9.09. The maximum absolute atomic E-state index is 12.0. The quantitative estimate of drug-likeness (QED) is 0.914. The van der Waals surface area contributed by atoms with Crippen LogP contribution in [-0.2, 0) is 11.3 Å². The summed E-state index contributed by atoms with van der Waals surface area (Å²) < 4.78 is 7.17. The molecule has 0 spiro atoms. The molecule has 1 aliphatic carbocycles. The van der Waals surface area contributed by atoms with Gasteiger partial charge in [-0.1, -0.05) is 0 Å². The van der Waals surface area contributed by atoms with Gasteiger partial charge in [0.05, 0.1) is 7.11 Å². The molecule has 0 bridgehead atoms. The lowest BCUT2D eigenvalue weighted by Gasteiger charge is -2.12. The standard InChI is InChI=1S/C15H18N2O2/c1-15(6-7-15)16-14(18)10-17-8-5-11-9-12(19-2)3-4-13(11)17/h3-5,8-9H,6-7,10H2,1-2H3,(H,16,18). The number of ether oxygens (including phenoxy) is 1. The van der Waals surface area contributed by atoms with Gasteiger partial charge >= 0.3 is 0 Å². The summed E-state index contributed by atoms with van der Waals surface area (Å²) >= 11 is 0. The van der Waals surface area contributed by atoms with Crippen LogP contribution >= 0.6 is 0 Å². The number of carbonyl (C=O) groups is 1. The van der Waals surface area contributed by atoms with E-state index in [0.29, 0.717) is 6.54 Å². The SMILES string of the molecule is COc1ccc2c(ccn2CC(=O)NC2(C)CC2)c1. The number of aromatic nitrogens is 1. The van der Waals surface area contributed by atoms with E-state index in [0.717, 1.165) is 29.5 Å². The zero-order valence-electron chi connectivity index (χ0n) is 11.3. The Labute approximate surface area is 112 Å². The van der Waals surface area contributed by atoms with Crippen LogP contribution in [0.25, 0.3) is 10.9 Å². The molecule has 1 saturated carbocycles. The van der Waals surface area contributed by atoms with E-state index in [1.165, 1.54) is 0 Å². The third-order valence-corrected chi connectivity index (χ3v) is 3.73. The van der Waals surface area contributed by atoms with Crippen LogP contribution in [0.4, 0.5) is 0 Å². The minimum atomic E-state index is 0.0449. The number of fused-ring (bicyclic) bond motifs is 1. The highest BCUT2D eigenvalue weighted by atomic mass is 16.5. The van der Waals surface area contributed by atoms with E-state index in [2.05, 4.69) is 12.2 Å². The van der Waals surface area contributed by atoms with Crippen LogP contribution in [0, 0.1) is 0 Å². The second-order valence-electron chi connectivity index (χ2n) is 5.48. The fraction of sp³-hybridized carbons (Fsp3) is 0.400. The summed E-state index contributed by atoms with van der Waals surface area (Å²) in [4.78, 5) is 12.0. The Morgan fingerprint density at radius 1 is 1.42 bits per heavy atom. The monoisotopic (exact) mass is 258 g/mol. The van der Waals surface area contributed by atoms with Crippen LogP contribution in [0.5, 0.6) is 5.75 Å². The zero-order chi connectivity index (χ0) is 13.5. The Morgan fingerprint density at radius 2 is 2.21 bits per heavy atom. The van der Waals surface area contributed by atoms with Gasteiger partial charge in [-0.15, -0.1) is 0 Å². The van der Waals surface area contributed by atoms with Gasteiger partial charge in [-0.2, -0.15) is 0 Å². The van der Waals surface area contributed by atoms with Crippen LogP contribution in [0.3, 0.4) is 0 Å². The van der Waals surface area contributed by atoms with Crippen molar-refractivity contribution in [1.29, 1.82) is 0 Å². The van der Waals surface area contributed by atoms with Crippen molar-refractivity contribution in [2.45, 2.75) is 31.8 Å². The van der Waals surface area contributed by atoms with Gasteiger partial charge in [0.2, 0.25) is 5.91 Å². The van der Waals surface area contributed by atoms with Gasteiger partial charge in [0.25, 0.3) is 0 Å². The fourth-order valence-electron chi connectivity index (χ4n) is 2.29. The smallest absolute Gasteiger partial charge is 0.240 e. The number of rotatable bonds is 4. The predicted octanol–water partition coefficient (Wildman–Crippen LogP) is 2.32. The first-order valence-corrected chi connectivity index (χ1v) is 6.54. The lowest BCUT2D eigenvalue weighted by atomic mass is 10.2. The van der Waals surface area contributed by atoms with Gasteiger partial charge in [0, 0.05) is 22.6 Å². The van der Waals surface area contributed by atoms with Crippen molar-refractivity contribution in [1.82, 2.24) is 9.88 Å². The zero-order valence-corrected chi connectivity index (χ0v) is 11.3. The van der Waals surface area contributed by atoms with Gasteiger partial charge in [0.15, 0.2) is 0 Å². The molecule has 1 fully saturated rings. The number of nitrogens with one attached hydrogen (secondary N) is 1. The van der Waals surface area contributed by atoms with E-state index < -0.39 is 0 Å². The largest absolute Gasteiger partial charge is 0.497 e. The molecule has 0 aliphatic heterocycles. The molecule has 3 rings (SSSR count). The molecule has 1 aromatic carbocycles. The van der Waals surface area contributed by atoms with E-state index in [9.17, 15) is 4.79 Å². The van der Waals surface area contributed by atoms with Crippen molar-refractivity contribution in [2.24, 2.45) is 0 Å². The third-order valence-electron chi connectivity index (χ3n) is 3.73. The van der Waals surface area contributed by atoms with Gasteiger partial charge in [-0.3, -0.25) is 4.79 Å². The topological polar surface area (TPSA) is 43.3 Å². The number of amides is 1. The summed E-state index contributed by atoms with van der Waals surface area (Å²) in [7, 11) is 1.65. The molecular formula is C15H18N2O2. The van der Waals surface area contributed by atoms with Gasteiger partial charge in [0.1, 0.15) is 12.3 Å². The lowest BCUT2D eigenvalue weighted by Crippen LogP contribution is -2.36. The Bertz CT molecular complexity index is 626. The van der Waals surface area contributed by atoms with Crippen LogP contribution < -0.4 is 10.1 Å². The van der Waals surface area contributed by atoms with E-state index in [1.54, 1.807) is 7.11 Å². The van der Waals surface area contributed by atoms with Gasteiger partial charge < -0.3 is 14.6 Å². The molecule has 0 saturated heterocycles. The molecule has 0 unspecified atom stereocenters. The highest BCUT2D eigenvalue weighted by Crippen LogP contribution is 2.34. The summed E-state index contributed by atoms with van der Waals surface area (Å²) in [6.07, 6.45) is 4.11. The van der Waals surface area contributed by atoms with Crippen molar-refractivity contribution in [2.75, 3.05) is 7.11 Å². The predicted molar refractivity (Wildman–Crippen MR) is 74.3 cm³/mol. The molecular weight excluding hydrogens is 240 g/mol. The van der Waals surface area contributed by atoms with E-state index in [4.69, 9.17) is 4.74 Å². The molecule has 1 N–H and O–H groups in total. The van der Waals surface area contributed by atoms with Crippen molar-refractivity contribution < 1.29 is 9.53 Å². The average molecular weight is 258 g/mol. The molecule has 0 radical (unpaired) electrons. The number of hydrogen-bond donors (Lipinski definition) is 1. The average Bonchev–Trinajstić information content (AvgIpc) is 2.98. The number of nitrogens with zero attached hydrogens (tertiary/aromatic N) is 1. The number of carbonyl (C=O) groups excluding carboxylic acids is 1. The minimum Gasteiger partial charge on any atom is -0.497 e. The van der Waals surface area contributed by atoms with Crippen LogP contribution in [0.1, 0.15) is 19.8 Å². The molecule has 4 nitrogen and oxygen atoms in total. The van der Waals surface area contributed by atoms with Gasteiger partial charge in [-0.25, -0.2) is 0 Å². The molecule has 19 heavy (non-hydrogen) atoms. The Balaban J connectivity index is 1.79. The number of benzene rings is 1. The molecule has 1 amide bonds.